The number of carbonyl (C=O) groups excluding carboxylic acids is 1. The fourth-order valence-corrected chi connectivity index (χ4v) is 2.79. The van der Waals surface area contributed by atoms with Crippen LogP contribution in [0, 0.1) is 5.82 Å². The molecular weight excluding hydrogens is 277 g/mol. The van der Waals surface area contributed by atoms with Gasteiger partial charge < -0.3 is 4.74 Å². The van der Waals surface area contributed by atoms with Crippen molar-refractivity contribution in [1.29, 1.82) is 0 Å². The van der Waals surface area contributed by atoms with E-state index in [1.165, 1.54) is 23.5 Å². The summed E-state index contributed by atoms with van der Waals surface area (Å²) in [5.74, 6) is 0.508. The molecule has 0 aliphatic heterocycles. The highest BCUT2D eigenvalue weighted by atomic mass is 32.1. The van der Waals surface area contributed by atoms with Gasteiger partial charge in [0.15, 0.2) is 5.78 Å². The van der Waals surface area contributed by atoms with E-state index in [0.717, 1.165) is 10.7 Å². The van der Waals surface area contributed by atoms with Gasteiger partial charge in [-0.05, 0) is 30.2 Å². The Kier molecular flexibility index (Phi) is 4.49. The minimum absolute atomic E-state index is 0.0271. The summed E-state index contributed by atoms with van der Waals surface area (Å²) in [6.07, 6.45) is 0. The van der Waals surface area contributed by atoms with E-state index in [9.17, 15) is 9.18 Å². The predicted molar refractivity (Wildman–Crippen MR) is 76.9 cm³/mol. The van der Waals surface area contributed by atoms with Crippen molar-refractivity contribution in [3.8, 4) is 5.75 Å². The van der Waals surface area contributed by atoms with E-state index >= 15 is 0 Å². The molecule has 20 heavy (non-hydrogen) atoms. The highest BCUT2D eigenvalue weighted by Crippen LogP contribution is 2.26. The third-order valence-electron chi connectivity index (χ3n) is 2.74. The second-order valence-corrected chi connectivity index (χ2v) is 5.86. The van der Waals surface area contributed by atoms with E-state index in [4.69, 9.17) is 4.74 Å². The Hall–Kier alpha value is -1.75. The number of Topliss-reactive ketones (excluding diaryl/α,β-unsaturated/α-hetero) is 1. The van der Waals surface area contributed by atoms with Gasteiger partial charge in [0.25, 0.3) is 0 Å². The SMILES string of the molecule is CC(=O)c1sc(COc2ccc(F)cc2)nc1C(C)C. The van der Waals surface area contributed by atoms with Crippen molar-refractivity contribution in [1.82, 2.24) is 4.98 Å². The first-order valence-corrected chi connectivity index (χ1v) is 7.18. The Balaban J connectivity index is 2.12. The number of benzene rings is 1. The molecule has 0 spiro atoms. The molecule has 0 amide bonds. The Morgan fingerprint density at radius 3 is 2.50 bits per heavy atom. The first kappa shape index (κ1) is 14.7. The number of nitrogens with zero attached hydrogens (tertiary/aromatic N) is 1. The monoisotopic (exact) mass is 293 g/mol. The lowest BCUT2D eigenvalue weighted by molar-refractivity contribution is 0.102. The van der Waals surface area contributed by atoms with Crippen molar-refractivity contribution in [3.05, 3.63) is 45.7 Å². The number of thiazole rings is 1. The second-order valence-electron chi connectivity index (χ2n) is 4.78. The fourth-order valence-electron chi connectivity index (χ4n) is 1.76. The van der Waals surface area contributed by atoms with Crippen LogP contribution in [-0.2, 0) is 6.61 Å². The van der Waals surface area contributed by atoms with E-state index in [-0.39, 0.29) is 24.1 Å². The van der Waals surface area contributed by atoms with Crippen molar-refractivity contribution >= 4 is 17.1 Å². The van der Waals surface area contributed by atoms with Gasteiger partial charge in [0.1, 0.15) is 23.2 Å². The molecule has 0 aliphatic rings. The van der Waals surface area contributed by atoms with Gasteiger partial charge in [0.05, 0.1) is 10.6 Å². The highest BCUT2D eigenvalue weighted by Gasteiger charge is 2.17. The van der Waals surface area contributed by atoms with Gasteiger partial charge >= 0.3 is 0 Å². The van der Waals surface area contributed by atoms with Gasteiger partial charge in [-0.3, -0.25) is 4.79 Å². The number of hydrogen-bond acceptors (Lipinski definition) is 4. The number of hydrogen-bond donors (Lipinski definition) is 0. The van der Waals surface area contributed by atoms with Gasteiger partial charge in [-0.25, -0.2) is 9.37 Å². The maximum Gasteiger partial charge on any atom is 0.171 e. The van der Waals surface area contributed by atoms with Crippen molar-refractivity contribution in [2.45, 2.75) is 33.3 Å². The van der Waals surface area contributed by atoms with E-state index in [1.54, 1.807) is 19.1 Å². The summed E-state index contributed by atoms with van der Waals surface area (Å²) in [4.78, 5) is 16.7. The van der Waals surface area contributed by atoms with Crippen LogP contribution in [0.2, 0.25) is 0 Å². The minimum Gasteiger partial charge on any atom is -0.486 e. The largest absolute Gasteiger partial charge is 0.486 e. The zero-order valence-corrected chi connectivity index (χ0v) is 12.5. The standard InChI is InChI=1S/C15H16FNO2S/c1-9(2)14-15(10(3)18)20-13(17-14)8-19-12-6-4-11(16)5-7-12/h4-7,9H,8H2,1-3H3. The van der Waals surface area contributed by atoms with Crippen molar-refractivity contribution < 1.29 is 13.9 Å². The van der Waals surface area contributed by atoms with E-state index in [0.29, 0.717) is 10.6 Å². The Morgan fingerprint density at radius 2 is 2.00 bits per heavy atom. The molecule has 0 aliphatic carbocycles. The number of ether oxygens (including phenoxy) is 1. The highest BCUT2D eigenvalue weighted by molar-refractivity contribution is 7.13. The molecule has 0 saturated carbocycles. The summed E-state index contributed by atoms with van der Waals surface area (Å²) in [6.45, 7) is 5.84. The second kappa shape index (κ2) is 6.13. The minimum atomic E-state index is -0.299. The molecule has 3 nitrogen and oxygen atoms in total. The summed E-state index contributed by atoms with van der Waals surface area (Å²) in [6, 6.07) is 5.83. The predicted octanol–water partition coefficient (Wildman–Crippen LogP) is 4.19. The topological polar surface area (TPSA) is 39.2 Å². The Morgan fingerprint density at radius 1 is 1.35 bits per heavy atom. The fraction of sp³-hybridized carbons (Fsp3) is 0.333. The first-order chi connectivity index (χ1) is 9.47. The molecule has 1 heterocycles. The molecule has 2 aromatic rings. The van der Waals surface area contributed by atoms with Crippen LogP contribution < -0.4 is 4.74 Å². The molecule has 0 bridgehead atoms. The maximum atomic E-state index is 12.8. The number of halogens is 1. The molecular formula is C15H16FNO2S. The molecule has 1 aromatic carbocycles. The van der Waals surface area contributed by atoms with Crippen LogP contribution in [0.15, 0.2) is 24.3 Å². The van der Waals surface area contributed by atoms with E-state index < -0.39 is 0 Å². The molecule has 106 valence electrons. The van der Waals surface area contributed by atoms with Crippen LogP contribution in [0.4, 0.5) is 4.39 Å². The maximum absolute atomic E-state index is 12.8. The zero-order chi connectivity index (χ0) is 14.7. The molecule has 0 N–H and O–H groups in total. The molecule has 0 unspecified atom stereocenters. The molecule has 2 rings (SSSR count). The van der Waals surface area contributed by atoms with Crippen molar-refractivity contribution in [3.63, 3.8) is 0 Å². The van der Waals surface area contributed by atoms with Gasteiger partial charge in [-0.15, -0.1) is 11.3 Å². The third-order valence-corrected chi connectivity index (χ3v) is 3.89. The summed E-state index contributed by atoms with van der Waals surface area (Å²) in [5, 5.41) is 0.753. The summed E-state index contributed by atoms with van der Waals surface area (Å²) < 4.78 is 18.3. The quantitative estimate of drug-likeness (QED) is 0.776. The smallest absolute Gasteiger partial charge is 0.171 e. The summed E-state index contributed by atoms with van der Waals surface area (Å²) in [7, 11) is 0. The normalized spacial score (nSPS) is 10.8. The van der Waals surface area contributed by atoms with E-state index in [2.05, 4.69) is 4.98 Å². The van der Waals surface area contributed by atoms with Crippen LogP contribution >= 0.6 is 11.3 Å². The van der Waals surface area contributed by atoms with Gasteiger partial charge in [-0.1, -0.05) is 13.8 Å². The van der Waals surface area contributed by atoms with E-state index in [1.807, 2.05) is 13.8 Å². The molecule has 0 fully saturated rings. The van der Waals surface area contributed by atoms with Crippen LogP contribution in [0.3, 0.4) is 0 Å². The molecule has 0 saturated heterocycles. The third kappa shape index (κ3) is 3.42. The lowest BCUT2D eigenvalue weighted by atomic mass is 10.1. The average Bonchev–Trinajstić information content (AvgIpc) is 2.83. The van der Waals surface area contributed by atoms with Crippen LogP contribution in [0.25, 0.3) is 0 Å². The van der Waals surface area contributed by atoms with Crippen LogP contribution in [-0.4, -0.2) is 10.8 Å². The number of aromatic nitrogens is 1. The Bertz CT molecular complexity index is 605. The lowest BCUT2D eigenvalue weighted by Gasteiger charge is -2.03. The summed E-state index contributed by atoms with van der Waals surface area (Å²) in [5.41, 5.74) is 0.820. The van der Waals surface area contributed by atoms with Gasteiger partial charge in [-0.2, -0.15) is 0 Å². The van der Waals surface area contributed by atoms with Gasteiger partial charge in [0, 0.05) is 6.92 Å². The van der Waals surface area contributed by atoms with Crippen LogP contribution in [0.5, 0.6) is 5.75 Å². The molecule has 0 atom stereocenters. The Labute approximate surface area is 121 Å². The van der Waals surface area contributed by atoms with Crippen molar-refractivity contribution in [2.24, 2.45) is 0 Å². The number of rotatable bonds is 5. The number of carbonyl (C=O) groups is 1. The van der Waals surface area contributed by atoms with Gasteiger partial charge in [0.2, 0.25) is 0 Å². The zero-order valence-electron chi connectivity index (χ0n) is 11.6. The molecule has 0 radical (unpaired) electrons. The average molecular weight is 293 g/mol. The first-order valence-electron chi connectivity index (χ1n) is 6.36. The molecule has 5 heteroatoms. The number of ketones is 1. The summed E-state index contributed by atoms with van der Waals surface area (Å²) >= 11 is 1.36. The molecule has 1 aromatic heterocycles. The lowest BCUT2D eigenvalue weighted by Crippen LogP contribution is -1.98. The van der Waals surface area contributed by atoms with Crippen LogP contribution in [0.1, 0.15) is 47.1 Å². The van der Waals surface area contributed by atoms with Crippen molar-refractivity contribution in [2.75, 3.05) is 0 Å².